The minimum atomic E-state index is -0.205. The third-order valence-electron chi connectivity index (χ3n) is 4.56. The molecule has 1 aromatic carbocycles. The molecule has 1 amide bonds. The van der Waals surface area contributed by atoms with Crippen molar-refractivity contribution in [2.45, 2.75) is 0 Å². The highest BCUT2D eigenvalue weighted by Gasteiger charge is 2.26. The average Bonchev–Trinajstić information content (AvgIpc) is 2.71. The van der Waals surface area contributed by atoms with Gasteiger partial charge in [0.1, 0.15) is 0 Å². The molecule has 0 saturated carbocycles. The van der Waals surface area contributed by atoms with Gasteiger partial charge in [0, 0.05) is 51.0 Å². The van der Waals surface area contributed by atoms with E-state index in [-0.39, 0.29) is 11.5 Å². The number of piperazine rings is 1. The Kier molecular flexibility index (Phi) is 4.08. The second kappa shape index (κ2) is 6.55. The smallest absolute Gasteiger partial charge is 0.275 e. The molecule has 3 aromatic rings. The standard InChI is InChI=1S/C18H18N6O2/c1-22-16(25)14-6-3-2-5-13(14)15(21-22)17(26)23-9-11-24(12-10-23)18-19-7-4-8-20-18/h2-8H,9-12H2,1H3. The molecule has 0 N–H and O–H groups in total. The number of nitrogens with zero attached hydrogens (tertiary/aromatic N) is 6. The third-order valence-corrected chi connectivity index (χ3v) is 4.56. The molecule has 4 rings (SSSR count). The summed E-state index contributed by atoms with van der Waals surface area (Å²) in [6.07, 6.45) is 3.42. The Morgan fingerprint density at radius 1 is 0.962 bits per heavy atom. The summed E-state index contributed by atoms with van der Waals surface area (Å²) in [5.41, 5.74) is 0.107. The van der Waals surface area contributed by atoms with Crippen LogP contribution in [0.25, 0.3) is 10.8 Å². The summed E-state index contributed by atoms with van der Waals surface area (Å²) >= 11 is 0. The topological polar surface area (TPSA) is 84.2 Å². The van der Waals surface area contributed by atoms with Crippen molar-refractivity contribution in [3.63, 3.8) is 0 Å². The minimum absolute atomic E-state index is 0.162. The zero-order valence-electron chi connectivity index (χ0n) is 14.4. The fraction of sp³-hybridized carbons (Fsp3) is 0.278. The van der Waals surface area contributed by atoms with Crippen LogP contribution in [0.1, 0.15) is 10.5 Å². The highest BCUT2D eigenvalue weighted by molar-refractivity contribution is 6.04. The van der Waals surface area contributed by atoms with E-state index >= 15 is 0 Å². The predicted molar refractivity (Wildman–Crippen MR) is 97.1 cm³/mol. The molecule has 1 saturated heterocycles. The van der Waals surface area contributed by atoms with Gasteiger partial charge in [0.15, 0.2) is 5.69 Å². The molecule has 132 valence electrons. The number of anilines is 1. The van der Waals surface area contributed by atoms with Crippen molar-refractivity contribution in [1.82, 2.24) is 24.6 Å². The molecule has 3 heterocycles. The first-order valence-corrected chi connectivity index (χ1v) is 8.42. The Bertz CT molecular complexity index is 1010. The fourth-order valence-corrected chi connectivity index (χ4v) is 3.17. The number of benzene rings is 1. The van der Waals surface area contributed by atoms with Gasteiger partial charge in [0.25, 0.3) is 11.5 Å². The maximum atomic E-state index is 13.0. The van der Waals surface area contributed by atoms with E-state index in [2.05, 4.69) is 20.0 Å². The van der Waals surface area contributed by atoms with E-state index in [0.29, 0.717) is 48.6 Å². The largest absolute Gasteiger partial charge is 0.337 e. The number of rotatable bonds is 2. The van der Waals surface area contributed by atoms with Crippen LogP contribution >= 0.6 is 0 Å². The summed E-state index contributed by atoms with van der Waals surface area (Å²) in [4.78, 5) is 37.6. The molecule has 8 nitrogen and oxygen atoms in total. The van der Waals surface area contributed by atoms with Crippen LogP contribution in [0.15, 0.2) is 47.5 Å². The molecular weight excluding hydrogens is 332 g/mol. The minimum Gasteiger partial charge on any atom is -0.337 e. The van der Waals surface area contributed by atoms with Crippen LogP contribution in [0.5, 0.6) is 0 Å². The van der Waals surface area contributed by atoms with Crippen molar-refractivity contribution in [2.24, 2.45) is 7.05 Å². The van der Waals surface area contributed by atoms with Gasteiger partial charge in [0.2, 0.25) is 5.95 Å². The van der Waals surface area contributed by atoms with Crippen LogP contribution in [0.4, 0.5) is 5.95 Å². The Balaban J connectivity index is 1.59. The maximum Gasteiger partial charge on any atom is 0.275 e. The fourth-order valence-electron chi connectivity index (χ4n) is 3.17. The number of amides is 1. The average molecular weight is 350 g/mol. The number of aryl methyl sites for hydroxylation is 1. The van der Waals surface area contributed by atoms with E-state index < -0.39 is 0 Å². The summed E-state index contributed by atoms with van der Waals surface area (Å²) in [5.74, 6) is 0.510. The second-order valence-electron chi connectivity index (χ2n) is 6.15. The van der Waals surface area contributed by atoms with Crippen LogP contribution < -0.4 is 10.5 Å². The second-order valence-corrected chi connectivity index (χ2v) is 6.15. The van der Waals surface area contributed by atoms with Gasteiger partial charge in [-0.15, -0.1) is 0 Å². The van der Waals surface area contributed by atoms with Crippen molar-refractivity contribution in [3.05, 3.63) is 58.8 Å². The summed E-state index contributed by atoms with van der Waals surface area (Å²) in [6, 6.07) is 8.87. The predicted octanol–water partition coefficient (Wildman–Crippen LogP) is 0.686. The molecule has 0 bridgehead atoms. The lowest BCUT2D eigenvalue weighted by Gasteiger charge is -2.34. The van der Waals surface area contributed by atoms with E-state index in [1.165, 1.54) is 4.68 Å². The van der Waals surface area contributed by atoms with E-state index in [1.807, 2.05) is 6.07 Å². The first-order valence-electron chi connectivity index (χ1n) is 8.42. The molecular formula is C18H18N6O2. The van der Waals surface area contributed by atoms with Crippen LogP contribution in [0.2, 0.25) is 0 Å². The van der Waals surface area contributed by atoms with Crippen molar-refractivity contribution >= 4 is 22.6 Å². The monoisotopic (exact) mass is 350 g/mol. The summed E-state index contributed by atoms with van der Waals surface area (Å²) in [7, 11) is 1.57. The van der Waals surface area contributed by atoms with Gasteiger partial charge in [-0.2, -0.15) is 5.10 Å². The van der Waals surface area contributed by atoms with E-state index in [0.717, 1.165) is 0 Å². The lowest BCUT2D eigenvalue weighted by atomic mass is 10.1. The molecule has 26 heavy (non-hydrogen) atoms. The molecule has 8 heteroatoms. The van der Waals surface area contributed by atoms with Gasteiger partial charge in [-0.1, -0.05) is 18.2 Å². The van der Waals surface area contributed by atoms with Crippen LogP contribution in [0, 0.1) is 0 Å². The SMILES string of the molecule is Cn1nc(C(=O)N2CCN(c3ncccn3)CC2)c2ccccc2c1=O. The van der Waals surface area contributed by atoms with Crippen molar-refractivity contribution in [1.29, 1.82) is 0 Å². The van der Waals surface area contributed by atoms with Crippen molar-refractivity contribution in [3.8, 4) is 0 Å². The molecule has 1 fully saturated rings. The number of fused-ring (bicyclic) bond motifs is 1. The first-order chi connectivity index (χ1) is 12.6. The summed E-state index contributed by atoms with van der Waals surface area (Å²) in [5, 5.41) is 5.32. The van der Waals surface area contributed by atoms with Crippen molar-refractivity contribution < 1.29 is 4.79 Å². The van der Waals surface area contributed by atoms with Crippen LogP contribution in [-0.2, 0) is 7.05 Å². The highest BCUT2D eigenvalue weighted by Crippen LogP contribution is 2.17. The zero-order valence-corrected chi connectivity index (χ0v) is 14.4. The molecule has 0 radical (unpaired) electrons. The number of carbonyl (C=O) groups excluding carboxylic acids is 1. The highest BCUT2D eigenvalue weighted by atomic mass is 16.2. The molecule has 0 spiro atoms. The lowest BCUT2D eigenvalue weighted by Crippen LogP contribution is -2.49. The van der Waals surface area contributed by atoms with Gasteiger partial charge in [-0.05, 0) is 12.1 Å². The Hall–Kier alpha value is -3.29. The maximum absolute atomic E-state index is 13.0. The molecule has 0 aliphatic carbocycles. The Morgan fingerprint density at radius 2 is 1.62 bits per heavy atom. The Morgan fingerprint density at radius 3 is 2.31 bits per heavy atom. The van der Waals surface area contributed by atoms with Gasteiger partial charge in [-0.3, -0.25) is 9.59 Å². The Labute approximate surface area is 149 Å². The summed E-state index contributed by atoms with van der Waals surface area (Å²) in [6.45, 7) is 2.41. The third kappa shape index (κ3) is 2.79. The number of hydrogen-bond donors (Lipinski definition) is 0. The quantitative estimate of drug-likeness (QED) is 0.676. The number of carbonyl (C=O) groups is 1. The molecule has 0 unspecified atom stereocenters. The van der Waals surface area contributed by atoms with Crippen LogP contribution in [0.3, 0.4) is 0 Å². The molecule has 0 atom stereocenters. The van der Waals surface area contributed by atoms with Gasteiger partial charge < -0.3 is 9.80 Å². The van der Waals surface area contributed by atoms with Gasteiger partial charge in [-0.25, -0.2) is 14.6 Å². The van der Waals surface area contributed by atoms with Crippen LogP contribution in [-0.4, -0.2) is 56.7 Å². The molecule has 1 aliphatic heterocycles. The van der Waals surface area contributed by atoms with E-state index in [4.69, 9.17) is 0 Å². The zero-order chi connectivity index (χ0) is 18.1. The lowest BCUT2D eigenvalue weighted by molar-refractivity contribution is 0.0740. The normalized spacial score (nSPS) is 14.7. The van der Waals surface area contributed by atoms with E-state index in [9.17, 15) is 9.59 Å². The molecule has 1 aliphatic rings. The first kappa shape index (κ1) is 16.2. The number of aromatic nitrogens is 4. The summed E-state index contributed by atoms with van der Waals surface area (Å²) < 4.78 is 1.23. The van der Waals surface area contributed by atoms with Crippen molar-refractivity contribution in [2.75, 3.05) is 31.1 Å². The van der Waals surface area contributed by atoms with Gasteiger partial charge >= 0.3 is 0 Å². The van der Waals surface area contributed by atoms with Gasteiger partial charge in [0.05, 0.1) is 5.39 Å². The number of hydrogen-bond acceptors (Lipinski definition) is 6. The van der Waals surface area contributed by atoms with E-state index in [1.54, 1.807) is 48.6 Å². The molecule has 2 aromatic heterocycles.